The van der Waals surface area contributed by atoms with Gasteiger partial charge in [-0.25, -0.2) is 9.78 Å². The van der Waals surface area contributed by atoms with Crippen LogP contribution in [-0.4, -0.2) is 44.2 Å². The predicted octanol–water partition coefficient (Wildman–Crippen LogP) is 2.94. The van der Waals surface area contributed by atoms with Crippen molar-refractivity contribution in [1.29, 1.82) is 0 Å². The lowest BCUT2D eigenvalue weighted by atomic mass is 10.0. The van der Waals surface area contributed by atoms with Crippen molar-refractivity contribution >= 4 is 23.2 Å². The molecule has 0 saturated heterocycles. The van der Waals surface area contributed by atoms with Crippen LogP contribution in [0.3, 0.4) is 0 Å². The van der Waals surface area contributed by atoms with Gasteiger partial charge in [-0.05, 0) is 50.3 Å². The Morgan fingerprint density at radius 2 is 2.00 bits per heavy atom. The number of hydrogen-bond donors (Lipinski definition) is 1. The van der Waals surface area contributed by atoms with Crippen LogP contribution in [0.1, 0.15) is 45.2 Å². The zero-order valence-electron chi connectivity index (χ0n) is 16.8. The third-order valence-electron chi connectivity index (χ3n) is 4.74. The van der Waals surface area contributed by atoms with E-state index in [1.165, 1.54) is 42.6 Å². The normalized spacial score (nSPS) is 12.8. The van der Waals surface area contributed by atoms with Crippen molar-refractivity contribution in [2.24, 2.45) is 0 Å². The van der Waals surface area contributed by atoms with Gasteiger partial charge in [0.2, 0.25) is 0 Å². The second-order valence-corrected chi connectivity index (χ2v) is 7.94. The Morgan fingerprint density at radius 1 is 1.17 bits per heavy atom. The van der Waals surface area contributed by atoms with Crippen molar-refractivity contribution in [3.05, 3.63) is 39.3 Å². The molecule has 0 bridgehead atoms. The first kappa shape index (κ1) is 21.1. The van der Waals surface area contributed by atoms with Gasteiger partial charge in [-0.1, -0.05) is 0 Å². The molecule has 1 N–H and O–H groups in total. The molecule has 7 nitrogen and oxygen atoms in total. The molecule has 8 heteroatoms. The van der Waals surface area contributed by atoms with E-state index in [0.29, 0.717) is 23.6 Å². The summed E-state index contributed by atoms with van der Waals surface area (Å²) >= 11 is 1.82. The minimum Gasteiger partial charge on any atom is -0.493 e. The van der Waals surface area contributed by atoms with Crippen molar-refractivity contribution in [3.63, 3.8) is 0 Å². The highest BCUT2D eigenvalue weighted by atomic mass is 32.1. The standard InChI is InChI=1S/C21H26N2O5S/c1-26-17-12-14(9-10-16(17)28-13-20(24)27-2)21(25)22-11-5-8-19-23-15-6-3-4-7-18(15)29-19/h9-10,12H,3-8,11,13H2,1-2H3,(H,22,25). The van der Waals surface area contributed by atoms with Crippen LogP contribution in [0.2, 0.25) is 0 Å². The molecule has 0 fully saturated rings. The van der Waals surface area contributed by atoms with Crippen LogP contribution in [0.15, 0.2) is 18.2 Å². The first-order chi connectivity index (χ1) is 14.1. The fourth-order valence-electron chi connectivity index (χ4n) is 3.18. The summed E-state index contributed by atoms with van der Waals surface area (Å²) in [6.45, 7) is 0.352. The second kappa shape index (κ2) is 10.2. The number of amides is 1. The van der Waals surface area contributed by atoms with Gasteiger partial charge in [0, 0.05) is 23.4 Å². The van der Waals surface area contributed by atoms with Crippen molar-refractivity contribution in [3.8, 4) is 11.5 Å². The van der Waals surface area contributed by atoms with E-state index in [1.807, 2.05) is 11.3 Å². The molecule has 1 amide bonds. The Labute approximate surface area is 174 Å². The highest BCUT2D eigenvalue weighted by Gasteiger charge is 2.15. The van der Waals surface area contributed by atoms with Crippen molar-refractivity contribution < 1.29 is 23.8 Å². The van der Waals surface area contributed by atoms with E-state index >= 15 is 0 Å². The van der Waals surface area contributed by atoms with Crippen molar-refractivity contribution in [2.45, 2.75) is 38.5 Å². The molecule has 1 aromatic heterocycles. The Hall–Kier alpha value is -2.61. The van der Waals surface area contributed by atoms with Crippen LogP contribution >= 0.6 is 11.3 Å². The average molecular weight is 419 g/mol. The number of rotatable bonds is 9. The van der Waals surface area contributed by atoms with Gasteiger partial charge in [0.1, 0.15) is 0 Å². The van der Waals surface area contributed by atoms with Gasteiger partial charge in [-0.3, -0.25) is 4.79 Å². The summed E-state index contributed by atoms with van der Waals surface area (Å²) < 4.78 is 15.2. The number of ether oxygens (including phenoxy) is 3. The van der Waals surface area contributed by atoms with Crippen LogP contribution < -0.4 is 14.8 Å². The van der Waals surface area contributed by atoms with Crippen LogP contribution in [-0.2, 0) is 28.8 Å². The summed E-state index contributed by atoms with van der Waals surface area (Å²) in [5.41, 5.74) is 1.75. The van der Waals surface area contributed by atoms with Gasteiger partial charge >= 0.3 is 5.97 Å². The molecular formula is C21H26N2O5S. The number of nitrogens with zero attached hydrogens (tertiary/aromatic N) is 1. The Morgan fingerprint density at radius 3 is 2.76 bits per heavy atom. The lowest BCUT2D eigenvalue weighted by Crippen LogP contribution is -2.24. The minimum absolute atomic E-state index is 0.179. The van der Waals surface area contributed by atoms with E-state index in [1.54, 1.807) is 18.2 Å². The predicted molar refractivity (Wildman–Crippen MR) is 110 cm³/mol. The van der Waals surface area contributed by atoms with Gasteiger partial charge < -0.3 is 19.5 Å². The summed E-state index contributed by atoms with van der Waals surface area (Å²) in [5.74, 6) is 0.0910. The lowest BCUT2D eigenvalue weighted by Gasteiger charge is -2.11. The van der Waals surface area contributed by atoms with E-state index in [4.69, 9.17) is 14.5 Å². The number of aromatic nitrogens is 1. The maximum Gasteiger partial charge on any atom is 0.343 e. The molecule has 0 spiro atoms. The third-order valence-corrected chi connectivity index (χ3v) is 5.96. The zero-order chi connectivity index (χ0) is 20.6. The lowest BCUT2D eigenvalue weighted by molar-refractivity contribution is -0.142. The Balaban J connectivity index is 1.48. The average Bonchev–Trinajstić information content (AvgIpc) is 3.17. The summed E-state index contributed by atoms with van der Waals surface area (Å²) in [5, 5.41) is 4.10. The smallest absolute Gasteiger partial charge is 0.343 e. The van der Waals surface area contributed by atoms with Gasteiger partial charge in [0.05, 0.1) is 24.9 Å². The molecule has 1 aliphatic rings. The van der Waals surface area contributed by atoms with E-state index in [9.17, 15) is 9.59 Å². The SMILES string of the molecule is COC(=O)COc1ccc(C(=O)NCCCc2nc3c(s2)CCCC3)cc1OC. The summed E-state index contributed by atoms with van der Waals surface area (Å²) in [4.78, 5) is 29.8. The number of methoxy groups -OCH3 is 2. The number of fused-ring (bicyclic) bond motifs is 1. The van der Waals surface area contributed by atoms with Gasteiger partial charge in [-0.2, -0.15) is 0 Å². The molecule has 156 valence electrons. The Kier molecular flexibility index (Phi) is 7.46. The molecule has 1 aromatic carbocycles. The molecule has 0 unspecified atom stereocenters. The summed E-state index contributed by atoms with van der Waals surface area (Å²) in [6, 6.07) is 4.84. The molecular weight excluding hydrogens is 392 g/mol. The number of esters is 1. The van der Waals surface area contributed by atoms with Crippen LogP contribution in [0.25, 0.3) is 0 Å². The fourth-order valence-corrected chi connectivity index (χ4v) is 4.38. The largest absolute Gasteiger partial charge is 0.493 e. The molecule has 1 aliphatic carbocycles. The van der Waals surface area contributed by atoms with E-state index in [2.05, 4.69) is 10.1 Å². The second-order valence-electron chi connectivity index (χ2n) is 6.77. The number of benzene rings is 1. The number of carbonyl (C=O) groups excluding carboxylic acids is 2. The monoisotopic (exact) mass is 418 g/mol. The third kappa shape index (κ3) is 5.69. The highest BCUT2D eigenvalue weighted by molar-refractivity contribution is 7.11. The van der Waals surface area contributed by atoms with E-state index in [-0.39, 0.29) is 12.5 Å². The highest BCUT2D eigenvalue weighted by Crippen LogP contribution is 2.28. The number of aryl methyl sites for hydroxylation is 3. The van der Waals surface area contributed by atoms with Crippen LogP contribution in [0.5, 0.6) is 11.5 Å². The quantitative estimate of drug-likeness (QED) is 0.498. The maximum atomic E-state index is 12.4. The maximum absolute atomic E-state index is 12.4. The number of carbonyl (C=O) groups is 2. The van der Waals surface area contributed by atoms with Gasteiger partial charge in [0.15, 0.2) is 18.1 Å². The van der Waals surface area contributed by atoms with Gasteiger partial charge in [-0.15, -0.1) is 11.3 Å². The molecule has 0 atom stereocenters. The van der Waals surface area contributed by atoms with Crippen LogP contribution in [0, 0.1) is 0 Å². The van der Waals surface area contributed by atoms with Crippen molar-refractivity contribution in [1.82, 2.24) is 10.3 Å². The van der Waals surface area contributed by atoms with Gasteiger partial charge in [0.25, 0.3) is 5.91 Å². The number of thiazole rings is 1. The number of nitrogens with one attached hydrogen (secondary N) is 1. The molecule has 3 rings (SSSR count). The summed E-state index contributed by atoms with van der Waals surface area (Å²) in [7, 11) is 2.77. The van der Waals surface area contributed by atoms with Crippen molar-refractivity contribution in [2.75, 3.05) is 27.4 Å². The van der Waals surface area contributed by atoms with Crippen LogP contribution in [0.4, 0.5) is 0 Å². The number of hydrogen-bond acceptors (Lipinski definition) is 7. The molecule has 1 heterocycles. The molecule has 0 radical (unpaired) electrons. The topological polar surface area (TPSA) is 86.8 Å². The van der Waals surface area contributed by atoms with E-state index < -0.39 is 5.97 Å². The fraction of sp³-hybridized carbons (Fsp3) is 0.476. The molecule has 29 heavy (non-hydrogen) atoms. The summed E-state index contributed by atoms with van der Waals surface area (Å²) in [6.07, 6.45) is 6.48. The molecule has 0 saturated carbocycles. The van der Waals surface area contributed by atoms with E-state index in [0.717, 1.165) is 25.7 Å². The first-order valence-corrected chi connectivity index (χ1v) is 10.6. The Bertz CT molecular complexity index is 841. The molecule has 2 aromatic rings. The first-order valence-electron chi connectivity index (χ1n) is 9.74. The molecule has 0 aliphatic heterocycles. The minimum atomic E-state index is -0.491. The zero-order valence-corrected chi connectivity index (χ0v) is 17.6.